The molecule has 0 unspecified atom stereocenters. The maximum atomic E-state index is 12.4. The first-order chi connectivity index (χ1) is 8.81. The van der Waals surface area contributed by atoms with Gasteiger partial charge >= 0.3 is 0 Å². The third-order valence-corrected chi connectivity index (χ3v) is 3.94. The minimum absolute atomic E-state index is 0.271. The van der Waals surface area contributed by atoms with E-state index in [2.05, 4.69) is 28.1 Å². The molecule has 1 aliphatic rings. The summed E-state index contributed by atoms with van der Waals surface area (Å²) in [6.45, 7) is 1.53. The van der Waals surface area contributed by atoms with E-state index in [1.807, 2.05) is 23.1 Å². The van der Waals surface area contributed by atoms with Crippen molar-refractivity contribution in [1.29, 1.82) is 0 Å². The zero-order chi connectivity index (χ0) is 12.8. The van der Waals surface area contributed by atoms with Crippen molar-refractivity contribution in [3.8, 4) is 0 Å². The molecule has 18 heavy (non-hydrogen) atoms. The topological polar surface area (TPSA) is 20.3 Å². The van der Waals surface area contributed by atoms with Gasteiger partial charge in [0.15, 0.2) is 0 Å². The Morgan fingerprint density at radius 1 is 1.22 bits per heavy atom. The molecule has 0 aromatic heterocycles. The van der Waals surface area contributed by atoms with Crippen molar-refractivity contribution in [3.63, 3.8) is 0 Å². The van der Waals surface area contributed by atoms with E-state index >= 15 is 0 Å². The number of rotatable bonds is 5. The molecule has 0 aliphatic heterocycles. The number of carbonyl (C=O) groups is 1. The molecular weight excluding hydrogens is 290 g/mol. The second-order valence-electron chi connectivity index (χ2n) is 4.92. The van der Waals surface area contributed by atoms with Crippen molar-refractivity contribution in [3.05, 3.63) is 35.9 Å². The van der Waals surface area contributed by atoms with Gasteiger partial charge in [-0.25, -0.2) is 0 Å². The van der Waals surface area contributed by atoms with E-state index in [1.54, 1.807) is 0 Å². The molecule has 0 heterocycles. The first-order valence-electron chi connectivity index (χ1n) is 6.70. The van der Waals surface area contributed by atoms with Crippen LogP contribution in [0.3, 0.4) is 0 Å². The van der Waals surface area contributed by atoms with Crippen molar-refractivity contribution < 1.29 is 4.79 Å². The van der Waals surface area contributed by atoms with E-state index in [0.29, 0.717) is 5.91 Å². The van der Waals surface area contributed by atoms with Crippen LogP contribution in [0.1, 0.15) is 31.2 Å². The van der Waals surface area contributed by atoms with Crippen molar-refractivity contribution in [2.24, 2.45) is 5.92 Å². The van der Waals surface area contributed by atoms with Gasteiger partial charge in [0.1, 0.15) is 0 Å². The Morgan fingerprint density at radius 2 is 1.89 bits per heavy atom. The Bertz CT molecular complexity index is 373. The fourth-order valence-electron chi connectivity index (χ4n) is 2.60. The molecule has 1 aliphatic carbocycles. The van der Waals surface area contributed by atoms with E-state index in [4.69, 9.17) is 0 Å². The van der Waals surface area contributed by atoms with E-state index in [0.717, 1.165) is 31.3 Å². The highest BCUT2D eigenvalue weighted by atomic mass is 79.9. The molecule has 1 saturated carbocycles. The van der Waals surface area contributed by atoms with Crippen LogP contribution in [0, 0.1) is 5.92 Å². The SMILES string of the molecule is O=C(C1CCCC1)N(CCBr)Cc1ccccc1. The highest BCUT2D eigenvalue weighted by Gasteiger charge is 2.26. The molecule has 1 amide bonds. The maximum Gasteiger partial charge on any atom is 0.226 e. The number of benzene rings is 1. The third kappa shape index (κ3) is 3.58. The Kier molecular flexibility index (Phi) is 5.24. The third-order valence-electron chi connectivity index (χ3n) is 3.59. The minimum atomic E-state index is 0.271. The molecule has 2 nitrogen and oxygen atoms in total. The molecule has 0 bridgehead atoms. The highest BCUT2D eigenvalue weighted by Crippen LogP contribution is 2.27. The number of halogens is 1. The Hall–Kier alpha value is -0.830. The molecule has 3 heteroatoms. The van der Waals surface area contributed by atoms with Crippen molar-refractivity contribution in [2.45, 2.75) is 32.2 Å². The molecule has 0 saturated heterocycles. The summed E-state index contributed by atoms with van der Waals surface area (Å²) in [6, 6.07) is 10.2. The van der Waals surface area contributed by atoms with Crippen LogP contribution in [0.4, 0.5) is 0 Å². The standard InChI is InChI=1S/C15H20BrNO/c16-10-11-17(12-13-6-2-1-3-7-13)15(18)14-8-4-5-9-14/h1-3,6-7,14H,4-5,8-12H2. The molecule has 0 N–H and O–H groups in total. The van der Waals surface area contributed by atoms with Crippen LogP contribution in [-0.4, -0.2) is 22.7 Å². The van der Waals surface area contributed by atoms with Gasteiger partial charge in [0.25, 0.3) is 0 Å². The summed E-state index contributed by atoms with van der Waals surface area (Å²) in [7, 11) is 0. The normalized spacial score (nSPS) is 15.8. The maximum absolute atomic E-state index is 12.4. The van der Waals surface area contributed by atoms with E-state index in [-0.39, 0.29) is 5.92 Å². The fourth-order valence-corrected chi connectivity index (χ4v) is 3.03. The van der Waals surface area contributed by atoms with Crippen LogP contribution in [-0.2, 0) is 11.3 Å². The molecule has 0 spiro atoms. The first-order valence-corrected chi connectivity index (χ1v) is 7.82. The number of hydrogen-bond acceptors (Lipinski definition) is 1. The lowest BCUT2D eigenvalue weighted by atomic mass is 10.1. The van der Waals surface area contributed by atoms with Gasteiger partial charge in [0.05, 0.1) is 0 Å². The average Bonchev–Trinajstić information content (AvgIpc) is 2.92. The zero-order valence-electron chi connectivity index (χ0n) is 10.6. The average molecular weight is 310 g/mol. The second kappa shape index (κ2) is 6.93. The summed E-state index contributed by atoms with van der Waals surface area (Å²) >= 11 is 3.45. The van der Waals surface area contributed by atoms with Gasteiger partial charge in [0.2, 0.25) is 5.91 Å². The molecule has 98 valence electrons. The lowest BCUT2D eigenvalue weighted by molar-refractivity contribution is -0.135. The van der Waals surface area contributed by atoms with Crippen LogP contribution in [0.25, 0.3) is 0 Å². The fraction of sp³-hybridized carbons (Fsp3) is 0.533. The van der Waals surface area contributed by atoms with Crippen molar-refractivity contribution in [1.82, 2.24) is 4.90 Å². The molecule has 1 aromatic rings. The predicted octanol–water partition coefficient (Wildman–Crippen LogP) is 3.60. The Morgan fingerprint density at radius 3 is 2.50 bits per heavy atom. The molecule has 2 rings (SSSR count). The van der Waals surface area contributed by atoms with Crippen molar-refractivity contribution in [2.75, 3.05) is 11.9 Å². The van der Waals surface area contributed by atoms with Gasteiger partial charge in [-0.15, -0.1) is 0 Å². The van der Waals surface area contributed by atoms with Gasteiger partial charge in [-0.2, -0.15) is 0 Å². The van der Waals surface area contributed by atoms with E-state index in [9.17, 15) is 4.79 Å². The summed E-state index contributed by atoms with van der Waals surface area (Å²) in [5.74, 6) is 0.614. The minimum Gasteiger partial charge on any atom is -0.337 e. The Balaban J connectivity index is 2.00. The van der Waals surface area contributed by atoms with Crippen LogP contribution in [0.2, 0.25) is 0 Å². The van der Waals surface area contributed by atoms with E-state index in [1.165, 1.54) is 18.4 Å². The van der Waals surface area contributed by atoms with Crippen LogP contribution >= 0.6 is 15.9 Å². The quantitative estimate of drug-likeness (QED) is 0.761. The highest BCUT2D eigenvalue weighted by molar-refractivity contribution is 9.09. The largest absolute Gasteiger partial charge is 0.337 e. The van der Waals surface area contributed by atoms with Gasteiger partial charge in [-0.3, -0.25) is 4.79 Å². The lowest BCUT2D eigenvalue weighted by Crippen LogP contribution is -2.36. The van der Waals surface area contributed by atoms with Gasteiger partial charge in [-0.1, -0.05) is 59.1 Å². The van der Waals surface area contributed by atoms with Crippen molar-refractivity contribution >= 4 is 21.8 Å². The second-order valence-corrected chi connectivity index (χ2v) is 5.71. The van der Waals surface area contributed by atoms with Crippen LogP contribution < -0.4 is 0 Å². The van der Waals surface area contributed by atoms with Gasteiger partial charge in [0, 0.05) is 24.3 Å². The molecule has 1 aromatic carbocycles. The first kappa shape index (κ1) is 13.6. The summed E-state index contributed by atoms with van der Waals surface area (Å²) in [5.41, 5.74) is 1.21. The zero-order valence-corrected chi connectivity index (χ0v) is 12.2. The van der Waals surface area contributed by atoms with E-state index < -0.39 is 0 Å². The van der Waals surface area contributed by atoms with Gasteiger partial charge in [-0.05, 0) is 18.4 Å². The number of amides is 1. The number of nitrogens with zero attached hydrogens (tertiary/aromatic N) is 1. The molecule has 0 radical (unpaired) electrons. The smallest absolute Gasteiger partial charge is 0.226 e. The van der Waals surface area contributed by atoms with Crippen LogP contribution in [0.5, 0.6) is 0 Å². The Labute approximate surface area is 117 Å². The number of alkyl halides is 1. The summed E-state index contributed by atoms with van der Waals surface area (Å²) in [4.78, 5) is 14.4. The predicted molar refractivity (Wildman–Crippen MR) is 77.6 cm³/mol. The van der Waals surface area contributed by atoms with Crippen LogP contribution in [0.15, 0.2) is 30.3 Å². The molecule has 0 atom stereocenters. The summed E-state index contributed by atoms with van der Waals surface area (Å²) < 4.78 is 0. The molecular formula is C15H20BrNO. The summed E-state index contributed by atoms with van der Waals surface area (Å²) in [6.07, 6.45) is 4.58. The number of carbonyl (C=O) groups excluding carboxylic acids is 1. The molecule has 1 fully saturated rings. The summed E-state index contributed by atoms with van der Waals surface area (Å²) in [5, 5.41) is 0.846. The number of hydrogen-bond donors (Lipinski definition) is 0. The van der Waals surface area contributed by atoms with Gasteiger partial charge < -0.3 is 4.90 Å². The monoisotopic (exact) mass is 309 g/mol. The lowest BCUT2D eigenvalue weighted by Gasteiger charge is -2.25.